The highest BCUT2D eigenvalue weighted by Gasteiger charge is 2.23. The summed E-state index contributed by atoms with van der Waals surface area (Å²) in [5.41, 5.74) is 2.73. The minimum atomic E-state index is -1.63. The van der Waals surface area contributed by atoms with E-state index in [-0.39, 0.29) is 5.39 Å². The number of piperazine rings is 1. The zero-order valence-electron chi connectivity index (χ0n) is 21.4. The molecule has 0 aliphatic carbocycles. The highest BCUT2D eigenvalue weighted by atomic mass is 19.1. The highest BCUT2D eigenvalue weighted by molar-refractivity contribution is 5.86. The molecule has 3 heterocycles. The minimum absolute atomic E-state index is 0.0158. The van der Waals surface area contributed by atoms with Crippen molar-refractivity contribution in [2.45, 2.75) is 6.54 Å². The highest BCUT2D eigenvalue weighted by Crippen LogP contribution is 2.30. The van der Waals surface area contributed by atoms with E-state index in [2.05, 4.69) is 27.2 Å². The second-order valence-electron chi connectivity index (χ2n) is 9.42. The van der Waals surface area contributed by atoms with Crippen molar-refractivity contribution in [3.05, 3.63) is 107 Å². The van der Waals surface area contributed by atoms with Gasteiger partial charge in [-0.2, -0.15) is 15.0 Å². The lowest BCUT2D eigenvalue weighted by Gasteiger charge is -2.37. The number of aromatic nitrogens is 4. The number of halogens is 1. The Labute approximate surface area is 228 Å². The molecule has 5 aromatic rings. The second-order valence-corrected chi connectivity index (χ2v) is 9.42. The molecule has 1 fully saturated rings. The van der Waals surface area contributed by atoms with Crippen LogP contribution in [0.2, 0.25) is 0 Å². The second kappa shape index (κ2) is 10.5. The average molecular weight is 541 g/mol. The molecule has 11 heteroatoms. The Morgan fingerprint density at radius 1 is 0.900 bits per heavy atom. The molecule has 40 heavy (non-hydrogen) atoms. The van der Waals surface area contributed by atoms with E-state index in [1.807, 2.05) is 47.4 Å². The Balaban J connectivity index is 1.41. The molecule has 202 valence electrons. The van der Waals surface area contributed by atoms with Gasteiger partial charge in [-0.1, -0.05) is 30.3 Å². The Morgan fingerprint density at radius 3 is 2.33 bits per heavy atom. The van der Waals surface area contributed by atoms with E-state index >= 15 is 4.39 Å². The molecular formula is C29H25FN6O4. The standard InChI is InChI=1S/C29H25FN6O4/c30-24-16-23-25(17-26(24)34-13-11-33(12-14-34)21-6-2-1-3-7-21)35(19-27(28(23)37)40-29(38)39)22-8-4-5-20(15-22)18-36-31-9-10-32-36/h1-10,15-17,19H,11-14,18H2,(H,38,39). The van der Waals surface area contributed by atoms with E-state index in [1.165, 1.54) is 17.1 Å². The molecule has 0 spiro atoms. The van der Waals surface area contributed by atoms with Crippen LogP contribution in [0.25, 0.3) is 16.6 Å². The van der Waals surface area contributed by atoms with Gasteiger partial charge in [0.25, 0.3) is 0 Å². The minimum Gasteiger partial charge on any atom is -0.449 e. The Kier molecular flexibility index (Phi) is 6.61. The first kappa shape index (κ1) is 25.1. The molecule has 0 saturated carbocycles. The van der Waals surface area contributed by atoms with E-state index in [0.717, 1.165) is 11.3 Å². The lowest BCUT2D eigenvalue weighted by Crippen LogP contribution is -2.46. The Bertz CT molecular complexity index is 1730. The average Bonchev–Trinajstić information content (AvgIpc) is 3.48. The van der Waals surface area contributed by atoms with Gasteiger partial charge in [0.1, 0.15) is 5.82 Å². The first-order chi connectivity index (χ1) is 19.5. The number of pyridine rings is 1. The molecule has 1 aliphatic rings. The van der Waals surface area contributed by atoms with Crippen LogP contribution in [0, 0.1) is 5.82 Å². The van der Waals surface area contributed by atoms with Crippen LogP contribution >= 0.6 is 0 Å². The fraction of sp³-hybridized carbons (Fsp3) is 0.172. The number of hydrogen-bond donors (Lipinski definition) is 1. The van der Waals surface area contributed by atoms with Crippen molar-refractivity contribution in [2.75, 3.05) is 36.0 Å². The molecule has 0 atom stereocenters. The summed E-state index contributed by atoms with van der Waals surface area (Å²) in [5.74, 6) is -0.974. The van der Waals surface area contributed by atoms with Gasteiger partial charge in [0, 0.05) is 37.6 Å². The van der Waals surface area contributed by atoms with E-state index in [9.17, 15) is 14.7 Å². The van der Waals surface area contributed by atoms with Gasteiger partial charge in [0.15, 0.2) is 5.75 Å². The van der Waals surface area contributed by atoms with Gasteiger partial charge in [0.2, 0.25) is 5.43 Å². The topological polar surface area (TPSA) is 106 Å². The summed E-state index contributed by atoms with van der Waals surface area (Å²) in [7, 11) is 0. The van der Waals surface area contributed by atoms with Gasteiger partial charge >= 0.3 is 6.16 Å². The molecule has 2 aromatic heterocycles. The van der Waals surface area contributed by atoms with Crippen LogP contribution in [0.1, 0.15) is 5.56 Å². The summed E-state index contributed by atoms with van der Waals surface area (Å²) in [4.78, 5) is 30.2. The summed E-state index contributed by atoms with van der Waals surface area (Å²) < 4.78 is 22.0. The molecule has 1 N–H and O–H groups in total. The summed E-state index contributed by atoms with van der Waals surface area (Å²) >= 11 is 0. The van der Waals surface area contributed by atoms with E-state index < -0.39 is 23.2 Å². The molecule has 3 aromatic carbocycles. The zero-order chi connectivity index (χ0) is 27.6. The molecular weight excluding hydrogens is 515 g/mol. The SMILES string of the molecule is O=C(O)Oc1cn(-c2cccc(Cn3nccn3)c2)c2cc(N3CCN(c4ccccc4)CC3)c(F)cc2c1=O. The van der Waals surface area contributed by atoms with Crippen LogP contribution in [0.5, 0.6) is 5.75 Å². The van der Waals surface area contributed by atoms with Crippen molar-refractivity contribution in [3.8, 4) is 11.4 Å². The summed E-state index contributed by atoms with van der Waals surface area (Å²) in [5, 5.41) is 17.5. The van der Waals surface area contributed by atoms with Crippen LogP contribution in [0.3, 0.4) is 0 Å². The number of hydrogen-bond acceptors (Lipinski definition) is 7. The third-order valence-corrected chi connectivity index (χ3v) is 6.96. The van der Waals surface area contributed by atoms with Crippen LogP contribution in [0.15, 0.2) is 90.1 Å². The number of benzene rings is 3. The van der Waals surface area contributed by atoms with E-state index in [0.29, 0.717) is 49.6 Å². The summed E-state index contributed by atoms with van der Waals surface area (Å²) in [6.07, 6.45) is 2.88. The summed E-state index contributed by atoms with van der Waals surface area (Å²) in [6, 6.07) is 20.3. The van der Waals surface area contributed by atoms with Crippen LogP contribution in [-0.2, 0) is 6.54 Å². The molecule has 1 saturated heterocycles. The van der Waals surface area contributed by atoms with Crippen molar-refractivity contribution >= 4 is 28.4 Å². The van der Waals surface area contributed by atoms with Crippen molar-refractivity contribution in [1.82, 2.24) is 19.6 Å². The number of ether oxygens (including phenoxy) is 1. The predicted molar refractivity (Wildman–Crippen MR) is 148 cm³/mol. The largest absolute Gasteiger partial charge is 0.511 e. The number of fused-ring (bicyclic) bond motifs is 1. The van der Waals surface area contributed by atoms with Crippen LogP contribution in [-0.4, -0.2) is 57.0 Å². The van der Waals surface area contributed by atoms with Crippen molar-refractivity contribution < 1.29 is 19.0 Å². The van der Waals surface area contributed by atoms with Gasteiger partial charge in [-0.15, -0.1) is 0 Å². The normalized spacial score (nSPS) is 13.5. The first-order valence-electron chi connectivity index (χ1n) is 12.7. The van der Waals surface area contributed by atoms with Crippen molar-refractivity contribution in [3.63, 3.8) is 0 Å². The Morgan fingerprint density at radius 2 is 1.60 bits per heavy atom. The molecule has 0 unspecified atom stereocenters. The first-order valence-corrected chi connectivity index (χ1v) is 12.7. The number of rotatable bonds is 6. The van der Waals surface area contributed by atoms with Crippen LogP contribution < -0.4 is 20.0 Å². The number of anilines is 2. The molecule has 6 rings (SSSR count). The fourth-order valence-electron chi connectivity index (χ4n) is 5.07. The lowest BCUT2D eigenvalue weighted by molar-refractivity contribution is 0.144. The fourth-order valence-corrected chi connectivity index (χ4v) is 5.07. The van der Waals surface area contributed by atoms with Crippen molar-refractivity contribution in [2.24, 2.45) is 0 Å². The molecule has 10 nitrogen and oxygen atoms in total. The zero-order valence-corrected chi connectivity index (χ0v) is 21.4. The third-order valence-electron chi connectivity index (χ3n) is 6.96. The van der Waals surface area contributed by atoms with Crippen LogP contribution in [0.4, 0.5) is 20.6 Å². The number of para-hydroxylation sites is 1. The third kappa shape index (κ3) is 4.96. The monoisotopic (exact) mass is 540 g/mol. The smallest absolute Gasteiger partial charge is 0.449 e. The van der Waals surface area contributed by atoms with Gasteiger partial charge < -0.3 is 24.2 Å². The molecule has 0 bridgehead atoms. The van der Waals surface area contributed by atoms with Gasteiger partial charge in [-0.25, -0.2) is 9.18 Å². The number of nitrogens with zero attached hydrogens (tertiary/aromatic N) is 6. The molecule has 0 radical (unpaired) electrons. The summed E-state index contributed by atoms with van der Waals surface area (Å²) in [6.45, 7) is 3.01. The van der Waals surface area contributed by atoms with Gasteiger partial charge in [-0.05, 0) is 42.0 Å². The quantitative estimate of drug-likeness (QED) is 0.320. The van der Waals surface area contributed by atoms with Crippen molar-refractivity contribution in [1.29, 1.82) is 0 Å². The van der Waals surface area contributed by atoms with E-state index in [1.54, 1.807) is 23.0 Å². The lowest BCUT2D eigenvalue weighted by atomic mass is 10.1. The van der Waals surface area contributed by atoms with Gasteiger partial charge in [0.05, 0.1) is 41.7 Å². The number of carboxylic acid groups (broad SMARTS) is 1. The molecule has 1 aliphatic heterocycles. The van der Waals surface area contributed by atoms with E-state index in [4.69, 9.17) is 4.74 Å². The van der Waals surface area contributed by atoms with Gasteiger partial charge in [-0.3, -0.25) is 4.79 Å². The maximum Gasteiger partial charge on any atom is 0.511 e. The maximum absolute atomic E-state index is 15.5. The predicted octanol–water partition coefficient (Wildman–Crippen LogP) is 4.15. The maximum atomic E-state index is 15.5. The number of carbonyl (C=O) groups is 1. The molecule has 0 amide bonds. The Hall–Kier alpha value is -5.19.